The van der Waals surface area contributed by atoms with Gasteiger partial charge in [0, 0.05) is 35.8 Å². The Morgan fingerprint density at radius 2 is 1.95 bits per heavy atom. The summed E-state index contributed by atoms with van der Waals surface area (Å²) >= 11 is 1.23. The molecule has 0 saturated carbocycles. The summed E-state index contributed by atoms with van der Waals surface area (Å²) in [5.41, 5.74) is 4.99. The molecule has 1 aromatic carbocycles. The lowest BCUT2D eigenvalue weighted by atomic mass is 9.85. The number of benzene rings is 1. The van der Waals surface area contributed by atoms with Gasteiger partial charge in [-0.15, -0.1) is 11.3 Å². The third-order valence-corrected chi connectivity index (χ3v) is 11.2. The number of carbonyl (C=O) groups is 1. The van der Waals surface area contributed by atoms with Crippen LogP contribution in [-0.2, 0) is 39.6 Å². The molecule has 39 heavy (non-hydrogen) atoms. The second-order valence-electron chi connectivity index (χ2n) is 10.4. The first-order valence-electron chi connectivity index (χ1n) is 13.2. The van der Waals surface area contributed by atoms with E-state index >= 15 is 0 Å². The average Bonchev–Trinajstić information content (AvgIpc) is 3.59. The number of amides is 2. The molecule has 0 bridgehead atoms. The Hall–Kier alpha value is -2.99. The molecule has 0 atom stereocenters. The molecule has 2 N–H and O–H groups in total. The molecule has 9 nitrogen and oxygen atoms in total. The zero-order chi connectivity index (χ0) is 27.2. The number of ether oxygens (including phenoxy) is 2. The van der Waals surface area contributed by atoms with Crippen LogP contribution in [0.4, 0.5) is 10.5 Å². The third-order valence-electron chi connectivity index (χ3n) is 8.01. The van der Waals surface area contributed by atoms with Crippen molar-refractivity contribution in [1.29, 1.82) is 0 Å². The lowest BCUT2D eigenvalue weighted by Crippen LogP contribution is -2.44. The average molecular weight is 569 g/mol. The molecule has 3 aliphatic rings. The van der Waals surface area contributed by atoms with Crippen LogP contribution < -0.4 is 14.8 Å². The van der Waals surface area contributed by atoms with Crippen molar-refractivity contribution in [3.8, 4) is 17.0 Å². The molecule has 2 aromatic heterocycles. The molecule has 11 heteroatoms. The van der Waals surface area contributed by atoms with Crippen LogP contribution >= 0.6 is 11.3 Å². The quantitative estimate of drug-likeness (QED) is 0.472. The monoisotopic (exact) mass is 568 g/mol. The zero-order valence-corrected chi connectivity index (χ0v) is 23.7. The number of hydrogen-bond donors (Lipinski definition) is 2. The van der Waals surface area contributed by atoms with E-state index in [0.29, 0.717) is 24.6 Å². The minimum atomic E-state index is -4.08. The fraction of sp³-hybridized carbons (Fsp3) is 0.429. The highest BCUT2D eigenvalue weighted by Gasteiger charge is 2.42. The van der Waals surface area contributed by atoms with Gasteiger partial charge in [-0.25, -0.2) is 22.9 Å². The van der Waals surface area contributed by atoms with Crippen LogP contribution in [0.25, 0.3) is 11.1 Å². The van der Waals surface area contributed by atoms with E-state index in [1.807, 2.05) is 12.1 Å². The predicted molar refractivity (Wildman–Crippen MR) is 150 cm³/mol. The van der Waals surface area contributed by atoms with Crippen LogP contribution in [0.2, 0.25) is 0 Å². The van der Waals surface area contributed by atoms with Crippen molar-refractivity contribution in [3.63, 3.8) is 0 Å². The smallest absolute Gasteiger partial charge is 0.333 e. The minimum absolute atomic E-state index is 0.142. The summed E-state index contributed by atoms with van der Waals surface area (Å²) in [6, 6.07) is 8.60. The second kappa shape index (κ2) is 10.2. The van der Waals surface area contributed by atoms with E-state index in [0.717, 1.165) is 77.9 Å². The number of likely N-dealkylation sites (tertiary alicyclic amines) is 1. The third kappa shape index (κ3) is 4.93. The van der Waals surface area contributed by atoms with Gasteiger partial charge in [-0.3, -0.25) is 0 Å². The highest BCUT2D eigenvalue weighted by molar-refractivity contribution is 7.92. The normalized spacial score (nSPS) is 18.4. The Kier molecular flexibility index (Phi) is 6.86. The van der Waals surface area contributed by atoms with Gasteiger partial charge in [0.15, 0.2) is 0 Å². The summed E-state index contributed by atoms with van der Waals surface area (Å²) in [5.74, 6) is 0.457. The summed E-state index contributed by atoms with van der Waals surface area (Å²) in [6.45, 7) is 2.36. The van der Waals surface area contributed by atoms with Gasteiger partial charge >= 0.3 is 6.03 Å². The number of nitrogens with zero attached hydrogens (tertiary/aromatic N) is 2. The fourth-order valence-electron chi connectivity index (χ4n) is 5.93. The SMILES string of the molecule is COc1cc(-c2ccc3c(c2NC(=O)NS(=O)(=O)c2cc4c(s2)C2(CCN(C)CC2)OCC4)CCC3)ccn1. The number of hydrogen-bond acceptors (Lipinski definition) is 8. The van der Waals surface area contributed by atoms with Crippen molar-refractivity contribution < 1.29 is 22.7 Å². The first-order chi connectivity index (χ1) is 18.8. The molecule has 1 spiro atoms. The lowest BCUT2D eigenvalue weighted by Gasteiger charge is -2.42. The number of piperidine rings is 1. The van der Waals surface area contributed by atoms with E-state index in [4.69, 9.17) is 9.47 Å². The van der Waals surface area contributed by atoms with Crippen LogP contribution in [-0.4, -0.2) is 58.2 Å². The number of nitrogens with one attached hydrogen (secondary N) is 2. The van der Waals surface area contributed by atoms with Crippen molar-refractivity contribution in [1.82, 2.24) is 14.6 Å². The Balaban J connectivity index is 1.27. The molecule has 206 valence electrons. The number of carbonyl (C=O) groups excluding carboxylic acids is 1. The number of fused-ring (bicyclic) bond motifs is 3. The van der Waals surface area contributed by atoms with Crippen molar-refractivity contribution in [2.75, 3.05) is 39.2 Å². The number of sulfonamides is 1. The van der Waals surface area contributed by atoms with E-state index in [-0.39, 0.29) is 4.21 Å². The maximum absolute atomic E-state index is 13.4. The summed E-state index contributed by atoms with van der Waals surface area (Å²) in [7, 11) is -0.445. The molecular weight excluding hydrogens is 536 g/mol. The van der Waals surface area contributed by atoms with Crippen LogP contribution in [0.5, 0.6) is 5.88 Å². The van der Waals surface area contributed by atoms with Gasteiger partial charge in [-0.1, -0.05) is 12.1 Å². The molecule has 6 rings (SSSR count). The minimum Gasteiger partial charge on any atom is -0.481 e. The molecule has 1 saturated heterocycles. The molecule has 1 fully saturated rings. The van der Waals surface area contributed by atoms with Gasteiger partial charge in [0.25, 0.3) is 10.0 Å². The first-order valence-corrected chi connectivity index (χ1v) is 15.5. The molecule has 2 aliphatic heterocycles. The number of rotatable bonds is 5. The highest BCUT2D eigenvalue weighted by Crippen LogP contribution is 2.46. The van der Waals surface area contributed by atoms with Gasteiger partial charge in [0.05, 0.1) is 19.4 Å². The van der Waals surface area contributed by atoms with Gasteiger partial charge < -0.3 is 19.7 Å². The number of aromatic nitrogens is 1. The Bertz CT molecular complexity index is 1530. The molecule has 3 aromatic rings. The second-order valence-corrected chi connectivity index (χ2v) is 13.4. The maximum atomic E-state index is 13.4. The van der Waals surface area contributed by atoms with Gasteiger partial charge in [0.1, 0.15) is 9.81 Å². The zero-order valence-electron chi connectivity index (χ0n) is 22.1. The summed E-state index contributed by atoms with van der Waals surface area (Å²) in [4.78, 5) is 20.6. The van der Waals surface area contributed by atoms with Crippen LogP contribution in [0.15, 0.2) is 40.7 Å². The molecule has 2 amide bonds. The first kappa shape index (κ1) is 26.2. The number of anilines is 1. The maximum Gasteiger partial charge on any atom is 0.333 e. The van der Waals surface area contributed by atoms with Crippen LogP contribution in [0.3, 0.4) is 0 Å². The summed E-state index contributed by atoms with van der Waals surface area (Å²) in [5, 5.41) is 2.88. The molecule has 4 heterocycles. The molecular formula is C28H32N4O5S2. The van der Waals surface area contributed by atoms with Crippen molar-refractivity contribution in [2.45, 2.75) is 48.3 Å². The van der Waals surface area contributed by atoms with Crippen molar-refractivity contribution >= 4 is 33.1 Å². The number of urea groups is 1. The van der Waals surface area contributed by atoms with Crippen LogP contribution in [0, 0.1) is 0 Å². The van der Waals surface area contributed by atoms with Gasteiger partial charge in [0.2, 0.25) is 5.88 Å². The van der Waals surface area contributed by atoms with E-state index in [1.165, 1.54) is 11.3 Å². The molecule has 1 aliphatic carbocycles. The Morgan fingerprint density at radius 1 is 1.13 bits per heavy atom. The van der Waals surface area contributed by atoms with Crippen molar-refractivity contribution in [3.05, 3.63) is 58.1 Å². The Labute approximate surface area is 232 Å². The Morgan fingerprint density at radius 3 is 2.74 bits per heavy atom. The summed E-state index contributed by atoms with van der Waals surface area (Å²) < 4.78 is 40.8. The highest BCUT2D eigenvalue weighted by atomic mass is 32.2. The summed E-state index contributed by atoms with van der Waals surface area (Å²) in [6.07, 6.45) is 6.67. The number of thiophene rings is 1. The number of pyridine rings is 1. The molecule has 0 radical (unpaired) electrons. The van der Waals surface area contributed by atoms with E-state index < -0.39 is 21.7 Å². The van der Waals surface area contributed by atoms with E-state index in [1.54, 1.807) is 25.4 Å². The van der Waals surface area contributed by atoms with E-state index in [9.17, 15) is 13.2 Å². The number of methoxy groups -OCH3 is 1. The lowest BCUT2D eigenvalue weighted by molar-refractivity contribution is -0.0921. The largest absolute Gasteiger partial charge is 0.481 e. The van der Waals surface area contributed by atoms with E-state index in [2.05, 4.69) is 33.0 Å². The fourth-order valence-corrected chi connectivity index (χ4v) is 8.58. The van der Waals surface area contributed by atoms with Gasteiger partial charge in [-0.2, -0.15) is 0 Å². The standard InChI is InChI=1S/C28H32N4O5S2/c1-32-13-10-28(11-14-32)26-20(9-15-37-28)17-24(38-26)39(34,35)31-27(33)30-25-21-5-3-4-18(21)6-7-22(25)19-8-12-29-23(16-19)36-2/h6-8,12,16-17H,3-5,9-11,13-15H2,1-2H3,(H2,30,31,33). The van der Waals surface area contributed by atoms with Crippen LogP contribution in [0.1, 0.15) is 40.8 Å². The van der Waals surface area contributed by atoms with Crippen molar-refractivity contribution in [2.24, 2.45) is 0 Å². The number of aryl methyl sites for hydroxylation is 1. The predicted octanol–water partition coefficient (Wildman–Crippen LogP) is 4.31. The topological polar surface area (TPSA) is 110 Å². The van der Waals surface area contributed by atoms with Gasteiger partial charge in [-0.05, 0) is 80.0 Å². The molecule has 0 unspecified atom stereocenters.